The molecule has 1 N–H and O–H groups in total. The van der Waals surface area contributed by atoms with Crippen molar-refractivity contribution in [3.63, 3.8) is 0 Å². The number of hydrogen-bond donors (Lipinski definition) is 1. The van der Waals surface area contributed by atoms with Crippen LogP contribution in [-0.2, 0) is 9.53 Å². The Hall–Kier alpha value is -0.610. The average Bonchev–Trinajstić information content (AvgIpc) is 2.36. The van der Waals surface area contributed by atoms with E-state index in [0.29, 0.717) is 12.6 Å². The standard InChI is InChI=1S/C15H32N2O2/c1-6-10-14(15(18)19-7-2)16-11-8-9-12-17(5)13(3)4/h13-14,16H,6-12H2,1-5H3. The largest absolute Gasteiger partial charge is 0.465 e. The molecule has 1 atom stereocenters. The summed E-state index contributed by atoms with van der Waals surface area (Å²) in [5, 5.41) is 3.32. The molecule has 0 aromatic carbocycles. The molecule has 0 heterocycles. The van der Waals surface area contributed by atoms with Gasteiger partial charge in [0.25, 0.3) is 0 Å². The van der Waals surface area contributed by atoms with Gasteiger partial charge >= 0.3 is 5.97 Å². The van der Waals surface area contributed by atoms with Crippen LogP contribution in [0.5, 0.6) is 0 Å². The van der Waals surface area contributed by atoms with Crippen molar-refractivity contribution >= 4 is 5.97 Å². The monoisotopic (exact) mass is 272 g/mol. The molecule has 19 heavy (non-hydrogen) atoms. The maximum Gasteiger partial charge on any atom is 0.323 e. The second-order valence-electron chi connectivity index (χ2n) is 5.33. The van der Waals surface area contributed by atoms with E-state index in [2.05, 4.69) is 38.0 Å². The number of nitrogens with one attached hydrogen (secondary N) is 1. The molecule has 114 valence electrons. The number of carbonyl (C=O) groups excluding carboxylic acids is 1. The number of nitrogens with zero attached hydrogens (tertiary/aromatic N) is 1. The van der Waals surface area contributed by atoms with Gasteiger partial charge in [0, 0.05) is 6.04 Å². The van der Waals surface area contributed by atoms with Gasteiger partial charge in [-0.05, 0) is 60.2 Å². The van der Waals surface area contributed by atoms with Gasteiger partial charge in [0.1, 0.15) is 6.04 Å². The zero-order valence-corrected chi connectivity index (χ0v) is 13.4. The third-order valence-electron chi connectivity index (χ3n) is 3.36. The first-order valence-corrected chi connectivity index (χ1v) is 7.63. The summed E-state index contributed by atoms with van der Waals surface area (Å²) in [5.74, 6) is -0.108. The van der Waals surface area contributed by atoms with E-state index in [-0.39, 0.29) is 12.0 Å². The van der Waals surface area contributed by atoms with Crippen molar-refractivity contribution in [3.05, 3.63) is 0 Å². The van der Waals surface area contributed by atoms with Crippen LogP contribution in [-0.4, -0.2) is 49.7 Å². The predicted octanol–water partition coefficient (Wildman–Crippen LogP) is 2.43. The highest BCUT2D eigenvalue weighted by Gasteiger charge is 2.17. The fraction of sp³-hybridized carbons (Fsp3) is 0.933. The van der Waals surface area contributed by atoms with Crippen LogP contribution in [0.25, 0.3) is 0 Å². The van der Waals surface area contributed by atoms with Crippen LogP contribution in [0.1, 0.15) is 53.4 Å². The lowest BCUT2D eigenvalue weighted by Crippen LogP contribution is -2.38. The van der Waals surface area contributed by atoms with Crippen LogP contribution >= 0.6 is 0 Å². The Morgan fingerprint density at radius 3 is 2.47 bits per heavy atom. The van der Waals surface area contributed by atoms with Crippen LogP contribution in [0.2, 0.25) is 0 Å². The molecule has 0 aliphatic heterocycles. The van der Waals surface area contributed by atoms with Crippen LogP contribution in [0.15, 0.2) is 0 Å². The van der Waals surface area contributed by atoms with E-state index < -0.39 is 0 Å². The van der Waals surface area contributed by atoms with Gasteiger partial charge in [0.15, 0.2) is 0 Å². The maximum atomic E-state index is 11.7. The van der Waals surface area contributed by atoms with Crippen LogP contribution in [0, 0.1) is 0 Å². The van der Waals surface area contributed by atoms with Gasteiger partial charge in [0.2, 0.25) is 0 Å². The summed E-state index contributed by atoms with van der Waals surface area (Å²) in [6, 6.07) is 0.466. The minimum Gasteiger partial charge on any atom is -0.465 e. The minimum atomic E-state index is -0.132. The van der Waals surface area contributed by atoms with Crippen molar-refractivity contribution in [1.29, 1.82) is 0 Å². The van der Waals surface area contributed by atoms with Crippen LogP contribution in [0.4, 0.5) is 0 Å². The second-order valence-corrected chi connectivity index (χ2v) is 5.33. The number of hydrogen-bond acceptors (Lipinski definition) is 4. The first-order chi connectivity index (χ1) is 9.02. The zero-order chi connectivity index (χ0) is 14.7. The molecule has 0 radical (unpaired) electrons. The van der Waals surface area contributed by atoms with Gasteiger partial charge in [-0.3, -0.25) is 4.79 Å². The van der Waals surface area contributed by atoms with Crippen molar-refractivity contribution < 1.29 is 9.53 Å². The van der Waals surface area contributed by atoms with Crippen LogP contribution in [0.3, 0.4) is 0 Å². The summed E-state index contributed by atoms with van der Waals surface area (Å²) in [6.45, 7) is 10.8. The van der Waals surface area contributed by atoms with Gasteiger partial charge in [-0.25, -0.2) is 0 Å². The van der Waals surface area contributed by atoms with Gasteiger partial charge in [-0.15, -0.1) is 0 Å². The van der Waals surface area contributed by atoms with Crippen molar-refractivity contribution in [2.75, 3.05) is 26.7 Å². The third kappa shape index (κ3) is 9.00. The minimum absolute atomic E-state index is 0.108. The normalized spacial score (nSPS) is 13.0. The van der Waals surface area contributed by atoms with Crippen molar-refractivity contribution in [1.82, 2.24) is 10.2 Å². The molecule has 0 spiro atoms. The summed E-state index contributed by atoms with van der Waals surface area (Å²) >= 11 is 0. The van der Waals surface area contributed by atoms with E-state index in [0.717, 1.165) is 38.8 Å². The van der Waals surface area contributed by atoms with Gasteiger partial charge in [-0.2, -0.15) is 0 Å². The summed E-state index contributed by atoms with van der Waals surface area (Å²) in [7, 11) is 2.15. The van der Waals surface area contributed by atoms with Crippen molar-refractivity contribution in [3.8, 4) is 0 Å². The summed E-state index contributed by atoms with van der Waals surface area (Å²) in [4.78, 5) is 14.0. The fourth-order valence-corrected chi connectivity index (χ4v) is 1.86. The second kappa shape index (κ2) is 11.2. The quantitative estimate of drug-likeness (QED) is 0.463. The Morgan fingerprint density at radius 1 is 1.26 bits per heavy atom. The lowest BCUT2D eigenvalue weighted by atomic mass is 10.1. The topological polar surface area (TPSA) is 41.6 Å². The number of rotatable bonds is 11. The molecule has 0 aliphatic carbocycles. The van der Waals surface area contributed by atoms with Gasteiger partial charge in [0.05, 0.1) is 6.61 Å². The number of unbranched alkanes of at least 4 members (excludes halogenated alkanes) is 1. The highest BCUT2D eigenvalue weighted by Crippen LogP contribution is 2.01. The van der Waals surface area contributed by atoms with E-state index in [4.69, 9.17) is 4.74 Å². The highest BCUT2D eigenvalue weighted by atomic mass is 16.5. The molecule has 0 amide bonds. The number of carbonyl (C=O) groups is 1. The molecule has 4 nitrogen and oxygen atoms in total. The molecule has 0 aliphatic rings. The summed E-state index contributed by atoms with van der Waals surface area (Å²) in [5.41, 5.74) is 0. The van der Waals surface area contributed by atoms with Gasteiger partial charge in [-0.1, -0.05) is 13.3 Å². The smallest absolute Gasteiger partial charge is 0.323 e. The van der Waals surface area contributed by atoms with E-state index in [1.54, 1.807) is 0 Å². The number of esters is 1. The van der Waals surface area contributed by atoms with E-state index in [1.165, 1.54) is 0 Å². The molecule has 1 unspecified atom stereocenters. The SMILES string of the molecule is CCCC(NCCCCN(C)C(C)C)C(=O)OCC. The Labute approximate surface area is 118 Å². The van der Waals surface area contributed by atoms with Crippen molar-refractivity contribution in [2.45, 2.75) is 65.5 Å². The zero-order valence-electron chi connectivity index (χ0n) is 13.4. The Balaban J connectivity index is 3.78. The van der Waals surface area contributed by atoms with Crippen molar-refractivity contribution in [2.24, 2.45) is 0 Å². The first kappa shape index (κ1) is 18.4. The predicted molar refractivity (Wildman–Crippen MR) is 80.3 cm³/mol. The summed E-state index contributed by atoms with van der Waals surface area (Å²) < 4.78 is 5.07. The van der Waals surface area contributed by atoms with E-state index in [1.807, 2.05) is 6.92 Å². The molecule has 0 bridgehead atoms. The molecule has 0 saturated heterocycles. The molecule has 0 rings (SSSR count). The molecule has 0 saturated carbocycles. The number of ether oxygens (including phenoxy) is 1. The molecule has 0 fully saturated rings. The average molecular weight is 272 g/mol. The Morgan fingerprint density at radius 2 is 1.95 bits per heavy atom. The molecular weight excluding hydrogens is 240 g/mol. The lowest BCUT2D eigenvalue weighted by Gasteiger charge is -2.21. The maximum absolute atomic E-state index is 11.7. The molecule has 4 heteroatoms. The van der Waals surface area contributed by atoms with Gasteiger partial charge < -0.3 is 15.0 Å². The fourth-order valence-electron chi connectivity index (χ4n) is 1.86. The Bertz CT molecular complexity index is 232. The Kier molecular flexibility index (Phi) is 10.9. The van der Waals surface area contributed by atoms with E-state index >= 15 is 0 Å². The molecule has 0 aromatic rings. The molecular formula is C15H32N2O2. The van der Waals surface area contributed by atoms with Crippen LogP contribution < -0.4 is 5.32 Å². The molecule has 0 aromatic heterocycles. The van der Waals surface area contributed by atoms with E-state index in [9.17, 15) is 4.79 Å². The third-order valence-corrected chi connectivity index (χ3v) is 3.36. The highest BCUT2D eigenvalue weighted by molar-refractivity contribution is 5.75. The lowest BCUT2D eigenvalue weighted by molar-refractivity contribution is -0.145. The first-order valence-electron chi connectivity index (χ1n) is 7.63. The summed E-state index contributed by atoms with van der Waals surface area (Å²) in [6.07, 6.45) is 4.09.